The van der Waals surface area contributed by atoms with E-state index in [1.165, 1.54) is 18.2 Å². The minimum atomic E-state index is -0.523. The first-order chi connectivity index (χ1) is 7.58. The van der Waals surface area contributed by atoms with Crippen molar-refractivity contribution in [3.63, 3.8) is 0 Å². The van der Waals surface area contributed by atoms with Crippen LogP contribution >= 0.6 is 0 Å². The second-order valence-corrected chi connectivity index (χ2v) is 3.36. The third-order valence-corrected chi connectivity index (χ3v) is 2.19. The van der Waals surface area contributed by atoms with Crippen molar-refractivity contribution in [2.75, 3.05) is 0 Å². The number of carbonyl (C=O) groups is 1. The van der Waals surface area contributed by atoms with Crippen molar-refractivity contribution in [2.45, 2.75) is 6.92 Å². The van der Waals surface area contributed by atoms with Gasteiger partial charge in [-0.1, -0.05) is 11.2 Å². The highest BCUT2D eigenvalue weighted by Gasteiger charge is 2.21. The molecule has 1 heterocycles. The number of nitrogens with zero attached hydrogens (tertiary/aromatic N) is 1. The smallest absolute Gasteiger partial charge is 0.367 e. The number of benzene rings is 1. The van der Waals surface area contributed by atoms with Gasteiger partial charge in [-0.2, -0.15) is 0 Å². The number of phenols is 2. The molecule has 1 aromatic rings. The van der Waals surface area contributed by atoms with Gasteiger partial charge in [0.05, 0.1) is 11.3 Å². The van der Waals surface area contributed by atoms with Crippen LogP contribution in [0.4, 0.5) is 0 Å². The molecule has 0 spiro atoms. The molecule has 0 fully saturated rings. The van der Waals surface area contributed by atoms with E-state index in [2.05, 4.69) is 9.99 Å². The summed E-state index contributed by atoms with van der Waals surface area (Å²) in [5.41, 5.74) is 1.40. The largest absolute Gasteiger partial charge is 0.504 e. The van der Waals surface area contributed by atoms with E-state index in [1.807, 2.05) is 0 Å². The molecule has 0 saturated carbocycles. The summed E-state index contributed by atoms with van der Waals surface area (Å²) in [5, 5.41) is 21.9. The second kappa shape index (κ2) is 3.69. The third-order valence-electron chi connectivity index (χ3n) is 2.19. The maximum absolute atomic E-state index is 11.2. The maximum Gasteiger partial charge on any atom is 0.367 e. The molecule has 5 nitrogen and oxygen atoms in total. The van der Waals surface area contributed by atoms with Crippen molar-refractivity contribution in [3.8, 4) is 11.5 Å². The first kappa shape index (κ1) is 10.2. The molecule has 2 rings (SSSR count). The van der Waals surface area contributed by atoms with E-state index in [0.29, 0.717) is 16.8 Å². The fourth-order valence-corrected chi connectivity index (χ4v) is 1.32. The highest BCUT2D eigenvalue weighted by Crippen LogP contribution is 2.26. The second-order valence-electron chi connectivity index (χ2n) is 3.36. The molecule has 2 N–H and O–H groups in total. The number of rotatable bonds is 1. The molecule has 0 radical (unpaired) electrons. The van der Waals surface area contributed by atoms with Crippen molar-refractivity contribution < 1.29 is 19.8 Å². The monoisotopic (exact) mass is 219 g/mol. The van der Waals surface area contributed by atoms with Crippen LogP contribution in [0.15, 0.2) is 28.9 Å². The Morgan fingerprint density at radius 3 is 2.62 bits per heavy atom. The normalized spacial score (nSPS) is 17.4. The van der Waals surface area contributed by atoms with Crippen LogP contribution in [0.25, 0.3) is 6.08 Å². The van der Waals surface area contributed by atoms with Gasteiger partial charge in [-0.05, 0) is 30.7 Å². The lowest BCUT2D eigenvalue weighted by Gasteiger charge is -1.99. The summed E-state index contributed by atoms with van der Waals surface area (Å²) in [6.45, 7) is 1.65. The summed E-state index contributed by atoms with van der Waals surface area (Å²) in [6.07, 6.45) is 1.54. The van der Waals surface area contributed by atoms with E-state index < -0.39 is 5.97 Å². The predicted octanol–water partition coefficient (Wildman–Crippen LogP) is 1.41. The van der Waals surface area contributed by atoms with Crippen LogP contribution in [0.1, 0.15) is 12.5 Å². The number of phenolic OH excluding ortho intramolecular Hbond substituents is 2. The molecule has 16 heavy (non-hydrogen) atoms. The fraction of sp³-hybridized carbons (Fsp3) is 0.0909. The van der Waals surface area contributed by atoms with Gasteiger partial charge in [-0.3, -0.25) is 0 Å². The molecule has 0 aromatic heterocycles. The Kier molecular flexibility index (Phi) is 2.36. The van der Waals surface area contributed by atoms with Crippen molar-refractivity contribution in [1.29, 1.82) is 0 Å². The topological polar surface area (TPSA) is 79.1 Å². The average molecular weight is 219 g/mol. The van der Waals surface area contributed by atoms with Crippen molar-refractivity contribution in [1.82, 2.24) is 0 Å². The molecule has 0 bridgehead atoms. The fourth-order valence-electron chi connectivity index (χ4n) is 1.32. The summed E-state index contributed by atoms with van der Waals surface area (Å²) < 4.78 is 0. The zero-order valence-electron chi connectivity index (χ0n) is 8.47. The lowest BCUT2D eigenvalue weighted by molar-refractivity contribution is -0.136. The summed E-state index contributed by atoms with van der Waals surface area (Å²) in [5.74, 6) is -0.970. The van der Waals surface area contributed by atoms with Gasteiger partial charge in [0.15, 0.2) is 11.5 Å². The molecule has 1 aromatic carbocycles. The van der Waals surface area contributed by atoms with E-state index in [4.69, 9.17) is 5.11 Å². The van der Waals surface area contributed by atoms with Crippen molar-refractivity contribution in [3.05, 3.63) is 29.3 Å². The summed E-state index contributed by atoms with van der Waals surface area (Å²) in [6, 6.07) is 4.26. The highest BCUT2D eigenvalue weighted by atomic mass is 16.7. The highest BCUT2D eigenvalue weighted by molar-refractivity contribution is 6.24. The number of aromatic hydroxyl groups is 2. The minimum Gasteiger partial charge on any atom is -0.504 e. The number of oxime groups is 1. The van der Waals surface area contributed by atoms with Gasteiger partial charge in [0.25, 0.3) is 0 Å². The Labute approximate surface area is 91.3 Å². The standard InChI is InChI=1S/C11H9NO4/c1-6-8(11(15)16-12-6)4-7-2-3-9(13)10(14)5-7/h2-5,13-14H,1H3/b8-4+. The molecule has 0 unspecified atom stereocenters. The number of hydrogen-bond acceptors (Lipinski definition) is 5. The molecule has 1 aliphatic rings. The number of carbonyl (C=O) groups excluding carboxylic acids is 1. The molecule has 1 aliphatic heterocycles. The Balaban J connectivity index is 2.39. The van der Waals surface area contributed by atoms with E-state index >= 15 is 0 Å². The minimum absolute atomic E-state index is 0.207. The SMILES string of the molecule is CC1=NOC(=O)/C1=C/c1ccc(O)c(O)c1. The van der Waals surface area contributed by atoms with E-state index in [-0.39, 0.29) is 11.5 Å². The van der Waals surface area contributed by atoms with Crippen LogP contribution in [0.2, 0.25) is 0 Å². The van der Waals surface area contributed by atoms with E-state index in [9.17, 15) is 9.90 Å². The molecule has 0 atom stereocenters. The molecule has 0 aliphatic carbocycles. The zero-order chi connectivity index (χ0) is 11.7. The number of hydrogen-bond donors (Lipinski definition) is 2. The summed E-state index contributed by atoms with van der Waals surface area (Å²) >= 11 is 0. The van der Waals surface area contributed by atoms with Crippen LogP contribution < -0.4 is 0 Å². The molecule has 0 saturated heterocycles. The Morgan fingerprint density at radius 1 is 1.31 bits per heavy atom. The maximum atomic E-state index is 11.2. The van der Waals surface area contributed by atoms with Gasteiger partial charge in [-0.15, -0.1) is 0 Å². The lowest BCUT2D eigenvalue weighted by atomic mass is 10.1. The predicted molar refractivity (Wildman–Crippen MR) is 56.9 cm³/mol. The lowest BCUT2D eigenvalue weighted by Crippen LogP contribution is -2.01. The van der Waals surface area contributed by atoms with Crippen LogP contribution in [0.3, 0.4) is 0 Å². The van der Waals surface area contributed by atoms with Gasteiger partial charge in [0.1, 0.15) is 0 Å². The van der Waals surface area contributed by atoms with Gasteiger partial charge in [0, 0.05) is 0 Å². The molecule has 5 heteroatoms. The first-order valence-electron chi connectivity index (χ1n) is 4.58. The first-order valence-corrected chi connectivity index (χ1v) is 4.58. The average Bonchev–Trinajstić information content (AvgIpc) is 2.55. The Hall–Kier alpha value is -2.30. The van der Waals surface area contributed by atoms with E-state index in [1.54, 1.807) is 13.0 Å². The van der Waals surface area contributed by atoms with E-state index in [0.717, 1.165) is 0 Å². The van der Waals surface area contributed by atoms with Crippen molar-refractivity contribution >= 4 is 17.8 Å². The molecular weight excluding hydrogens is 210 g/mol. The third kappa shape index (κ3) is 1.75. The van der Waals surface area contributed by atoms with Crippen LogP contribution in [0.5, 0.6) is 11.5 Å². The van der Waals surface area contributed by atoms with Gasteiger partial charge >= 0.3 is 5.97 Å². The Morgan fingerprint density at radius 2 is 2.06 bits per heavy atom. The van der Waals surface area contributed by atoms with Gasteiger partial charge in [0.2, 0.25) is 0 Å². The molecular formula is C11H9NO4. The Bertz CT molecular complexity index is 517. The van der Waals surface area contributed by atoms with Crippen LogP contribution in [-0.4, -0.2) is 21.9 Å². The quantitative estimate of drug-likeness (QED) is 0.425. The zero-order valence-corrected chi connectivity index (χ0v) is 8.47. The molecule has 0 amide bonds. The van der Waals surface area contributed by atoms with Crippen molar-refractivity contribution in [2.24, 2.45) is 5.16 Å². The van der Waals surface area contributed by atoms with Crippen LogP contribution in [-0.2, 0) is 9.63 Å². The van der Waals surface area contributed by atoms with Gasteiger partial charge < -0.3 is 15.1 Å². The molecule has 82 valence electrons. The summed E-state index contributed by atoms with van der Waals surface area (Å²) in [7, 11) is 0. The van der Waals surface area contributed by atoms with Gasteiger partial charge in [-0.25, -0.2) is 4.79 Å². The summed E-state index contributed by atoms with van der Waals surface area (Å²) in [4.78, 5) is 15.7. The van der Waals surface area contributed by atoms with Crippen LogP contribution in [0, 0.1) is 0 Å².